The van der Waals surface area contributed by atoms with Gasteiger partial charge in [-0.25, -0.2) is 0 Å². The number of rotatable bonds is 9. The summed E-state index contributed by atoms with van der Waals surface area (Å²) in [6.45, 7) is 12.9. The number of carbonyl (C=O) groups excluding carboxylic acids is 2. The van der Waals surface area contributed by atoms with Gasteiger partial charge in [0.1, 0.15) is 11.9 Å². The normalized spacial score (nSPS) is 25.3. The maximum Gasteiger partial charge on any atom is 0.302 e. The molecule has 1 saturated heterocycles. The summed E-state index contributed by atoms with van der Waals surface area (Å²) in [6.07, 6.45) is 3.98. The zero-order valence-electron chi connectivity index (χ0n) is 23.3. The number of ether oxygens (including phenoxy) is 2. The molecule has 1 aliphatic carbocycles. The molecule has 0 aromatic heterocycles. The maximum absolute atomic E-state index is 13.9. The number of amides is 1. The van der Waals surface area contributed by atoms with Crippen molar-refractivity contribution in [2.24, 2.45) is 11.8 Å². The van der Waals surface area contributed by atoms with Crippen molar-refractivity contribution in [1.82, 2.24) is 9.80 Å². The Morgan fingerprint density at radius 2 is 1.95 bits per heavy atom. The number of fused-ring (bicyclic) bond motifs is 1. The van der Waals surface area contributed by atoms with E-state index in [4.69, 9.17) is 9.47 Å². The molecule has 0 bridgehead atoms. The van der Waals surface area contributed by atoms with Gasteiger partial charge >= 0.3 is 5.97 Å². The van der Waals surface area contributed by atoms with Crippen LogP contribution < -0.4 is 4.74 Å². The summed E-state index contributed by atoms with van der Waals surface area (Å²) in [7, 11) is 1.69. The Morgan fingerprint density at radius 3 is 2.61 bits per heavy atom. The highest BCUT2D eigenvalue weighted by Gasteiger charge is 2.54. The van der Waals surface area contributed by atoms with Crippen LogP contribution in [-0.4, -0.2) is 67.1 Å². The second-order valence-corrected chi connectivity index (χ2v) is 11.3. The predicted molar refractivity (Wildman–Crippen MR) is 150 cm³/mol. The van der Waals surface area contributed by atoms with Gasteiger partial charge in [-0.3, -0.25) is 14.5 Å². The number of carbonyl (C=O) groups is 2. The van der Waals surface area contributed by atoms with Gasteiger partial charge in [-0.1, -0.05) is 50.3 Å². The molecule has 6 heteroatoms. The Balaban J connectivity index is 1.81. The van der Waals surface area contributed by atoms with E-state index in [-0.39, 0.29) is 35.4 Å². The highest BCUT2D eigenvalue weighted by atomic mass is 16.5. The number of likely N-dealkylation sites (tertiary alicyclic amines) is 1. The average molecular weight is 519 g/mol. The number of hydrogen-bond acceptors (Lipinski definition) is 5. The lowest BCUT2D eigenvalue weighted by Gasteiger charge is -2.56. The molecule has 38 heavy (non-hydrogen) atoms. The molecule has 0 radical (unpaired) electrons. The summed E-state index contributed by atoms with van der Waals surface area (Å²) in [5.74, 6) is 0.968. The number of piperidine rings is 1. The van der Waals surface area contributed by atoms with Gasteiger partial charge in [0.15, 0.2) is 0 Å². The smallest absolute Gasteiger partial charge is 0.302 e. The molecule has 2 aliphatic rings. The van der Waals surface area contributed by atoms with Crippen molar-refractivity contribution in [3.05, 3.63) is 78.4 Å². The minimum absolute atomic E-state index is 0.0363. The maximum atomic E-state index is 13.9. The molecule has 2 fully saturated rings. The van der Waals surface area contributed by atoms with Crippen LogP contribution in [-0.2, 0) is 14.9 Å². The SMILES string of the molecule is C=CCN1CCC2(c3cccc(OC)c3)C[C@H](N(CC(C)C)C(=O)c3ccccc3)CC(OC(C)=O)C2C1. The number of esters is 1. The lowest BCUT2D eigenvalue weighted by molar-refractivity contribution is -0.158. The molecule has 4 atom stereocenters. The van der Waals surface area contributed by atoms with Gasteiger partial charge < -0.3 is 14.4 Å². The van der Waals surface area contributed by atoms with Crippen LogP contribution in [0.25, 0.3) is 0 Å². The molecular formula is C32H42N2O4. The van der Waals surface area contributed by atoms with Crippen LogP contribution in [0.1, 0.15) is 56.0 Å². The number of nitrogens with zero attached hydrogens (tertiary/aromatic N) is 2. The second-order valence-electron chi connectivity index (χ2n) is 11.3. The van der Waals surface area contributed by atoms with E-state index in [0.717, 1.165) is 38.2 Å². The predicted octanol–water partition coefficient (Wildman–Crippen LogP) is 5.33. The first-order chi connectivity index (χ1) is 18.3. The first kappa shape index (κ1) is 27.9. The third kappa shape index (κ3) is 5.96. The van der Waals surface area contributed by atoms with Crippen LogP contribution >= 0.6 is 0 Å². The Labute approximate surface area is 227 Å². The van der Waals surface area contributed by atoms with Crippen LogP contribution in [0.5, 0.6) is 5.75 Å². The summed E-state index contributed by atoms with van der Waals surface area (Å²) in [4.78, 5) is 30.8. The Hall–Kier alpha value is -3.12. The quantitative estimate of drug-likeness (QED) is 0.332. The van der Waals surface area contributed by atoms with Crippen LogP contribution in [0.3, 0.4) is 0 Å². The van der Waals surface area contributed by atoms with E-state index in [0.29, 0.717) is 24.4 Å². The molecule has 4 rings (SSSR count). The highest BCUT2D eigenvalue weighted by molar-refractivity contribution is 5.94. The molecule has 1 saturated carbocycles. The summed E-state index contributed by atoms with van der Waals surface area (Å²) in [5, 5.41) is 0. The fourth-order valence-corrected chi connectivity index (χ4v) is 6.63. The molecule has 1 aliphatic heterocycles. The van der Waals surface area contributed by atoms with Gasteiger partial charge in [-0.2, -0.15) is 0 Å². The van der Waals surface area contributed by atoms with Gasteiger partial charge in [-0.15, -0.1) is 6.58 Å². The molecule has 2 aromatic carbocycles. The van der Waals surface area contributed by atoms with E-state index in [1.807, 2.05) is 53.4 Å². The zero-order valence-corrected chi connectivity index (χ0v) is 23.3. The second kappa shape index (κ2) is 12.2. The molecule has 1 heterocycles. The largest absolute Gasteiger partial charge is 0.497 e. The van der Waals surface area contributed by atoms with E-state index < -0.39 is 0 Å². The topological polar surface area (TPSA) is 59.1 Å². The minimum Gasteiger partial charge on any atom is -0.497 e. The van der Waals surface area contributed by atoms with Crippen LogP contribution in [0.4, 0.5) is 0 Å². The zero-order chi connectivity index (χ0) is 27.3. The Morgan fingerprint density at radius 1 is 1.18 bits per heavy atom. The minimum atomic E-state index is -0.302. The van der Waals surface area contributed by atoms with E-state index in [1.54, 1.807) is 7.11 Å². The first-order valence-electron chi connectivity index (χ1n) is 13.8. The van der Waals surface area contributed by atoms with Gasteiger partial charge in [0, 0.05) is 55.9 Å². The lowest BCUT2D eigenvalue weighted by atomic mass is 9.56. The molecule has 204 valence electrons. The third-order valence-corrected chi connectivity index (χ3v) is 8.23. The number of benzene rings is 2. The van der Waals surface area contributed by atoms with E-state index in [2.05, 4.69) is 37.5 Å². The summed E-state index contributed by atoms with van der Waals surface area (Å²) in [5.41, 5.74) is 1.62. The van der Waals surface area contributed by atoms with Gasteiger partial charge in [-0.05, 0) is 55.1 Å². The van der Waals surface area contributed by atoms with Crippen LogP contribution in [0.2, 0.25) is 0 Å². The average Bonchev–Trinajstić information content (AvgIpc) is 2.91. The molecule has 0 N–H and O–H groups in total. The van der Waals surface area contributed by atoms with Crippen molar-refractivity contribution in [3.63, 3.8) is 0 Å². The van der Waals surface area contributed by atoms with Crippen LogP contribution in [0.15, 0.2) is 67.3 Å². The third-order valence-electron chi connectivity index (χ3n) is 8.23. The van der Waals surface area contributed by atoms with Gasteiger partial charge in [0.2, 0.25) is 0 Å². The first-order valence-corrected chi connectivity index (χ1v) is 13.8. The van der Waals surface area contributed by atoms with Crippen molar-refractivity contribution in [2.45, 2.75) is 57.6 Å². The molecule has 1 amide bonds. The van der Waals surface area contributed by atoms with Crippen molar-refractivity contribution in [3.8, 4) is 5.75 Å². The molecular weight excluding hydrogens is 476 g/mol. The number of methoxy groups -OCH3 is 1. The summed E-state index contributed by atoms with van der Waals surface area (Å²) in [6, 6.07) is 17.8. The Bertz CT molecular complexity index is 1120. The molecule has 3 unspecified atom stereocenters. The number of hydrogen-bond donors (Lipinski definition) is 0. The molecule has 0 spiro atoms. The van der Waals surface area contributed by atoms with Crippen LogP contribution in [0, 0.1) is 11.8 Å². The van der Waals surface area contributed by atoms with Gasteiger partial charge in [0.25, 0.3) is 5.91 Å². The fraction of sp³-hybridized carbons (Fsp3) is 0.500. The molecule has 6 nitrogen and oxygen atoms in total. The van der Waals surface area contributed by atoms with Crippen molar-refractivity contribution in [2.75, 3.05) is 33.3 Å². The van der Waals surface area contributed by atoms with E-state index >= 15 is 0 Å². The van der Waals surface area contributed by atoms with E-state index in [1.165, 1.54) is 12.5 Å². The van der Waals surface area contributed by atoms with Crippen molar-refractivity contribution >= 4 is 11.9 Å². The Kier molecular flexibility index (Phi) is 8.93. The highest BCUT2D eigenvalue weighted by Crippen LogP contribution is 2.51. The van der Waals surface area contributed by atoms with Crippen molar-refractivity contribution < 1.29 is 19.1 Å². The summed E-state index contributed by atoms with van der Waals surface area (Å²) >= 11 is 0. The molecule has 2 aromatic rings. The monoisotopic (exact) mass is 518 g/mol. The van der Waals surface area contributed by atoms with Crippen molar-refractivity contribution in [1.29, 1.82) is 0 Å². The standard InChI is InChI=1S/C32H42N2O4/c1-6-16-33-17-15-32(26-13-10-14-28(18-26)37-5)20-27(19-30(29(32)22-33)38-24(4)35)34(21-23(2)3)31(36)25-11-8-7-9-12-25/h6-14,18,23,27,29-30H,1,15-17,19-22H2,2-5H3/t27-,29?,30?,32?/m1/s1. The summed E-state index contributed by atoms with van der Waals surface area (Å²) < 4.78 is 11.7. The lowest BCUT2D eigenvalue weighted by Crippen LogP contribution is -2.62. The van der Waals surface area contributed by atoms with Gasteiger partial charge in [0.05, 0.1) is 7.11 Å². The fourth-order valence-electron chi connectivity index (χ4n) is 6.63. The van der Waals surface area contributed by atoms with E-state index in [9.17, 15) is 9.59 Å².